The minimum atomic E-state index is -0.492. The second-order valence-corrected chi connectivity index (χ2v) is 10.5. The molecule has 1 aliphatic heterocycles. The molecule has 3 heterocycles. The molecule has 3 aromatic rings. The van der Waals surface area contributed by atoms with E-state index in [-0.39, 0.29) is 6.09 Å². The Labute approximate surface area is 173 Å². The first-order chi connectivity index (χ1) is 13.1. The van der Waals surface area contributed by atoms with Crippen LogP contribution in [0.1, 0.15) is 42.3 Å². The van der Waals surface area contributed by atoms with Crippen molar-refractivity contribution in [3.63, 3.8) is 0 Å². The first-order valence-electron chi connectivity index (χ1n) is 9.38. The summed E-state index contributed by atoms with van der Waals surface area (Å²) in [4.78, 5) is 20.2. The van der Waals surface area contributed by atoms with Gasteiger partial charge in [-0.3, -0.25) is 0 Å². The monoisotopic (exact) mass is 415 g/mol. The molecule has 148 valence electrons. The summed E-state index contributed by atoms with van der Waals surface area (Å²) in [6, 6.07) is 4.35. The molecule has 0 atom stereocenters. The van der Waals surface area contributed by atoms with Crippen LogP contribution in [-0.2, 0) is 17.7 Å². The van der Waals surface area contributed by atoms with Crippen LogP contribution >= 0.6 is 22.7 Å². The molecule has 0 unspecified atom stereocenters. The van der Waals surface area contributed by atoms with E-state index in [0.717, 1.165) is 32.4 Å². The molecule has 1 amide bonds. The lowest BCUT2D eigenvalue weighted by Crippen LogP contribution is -2.39. The highest BCUT2D eigenvalue weighted by Crippen LogP contribution is 2.44. The molecule has 0 radical (unpaired) electrons. The Balaban J connectivity index is 1.68. The normalized spacial score (nSPS) is 14.4. The van der Waals surface area contributed by atoms with Crippen LogP contribution in [0, 0.1) is 13.8 Å². The Morgan fingerprint density at radius 2 is 2.00 bits per heavy atom. The fourth-order valence-electron chi connectivity index (χ4n) is 3.62. The minimum absolute atomic E-state index is 0.266. The van der Waals surface area contributed by atoms with Gasteiger partial charge in [-0.05, 0) is 63.8 Å². The lowest BCUT2D eigenvalue weighted by atomic mass is 10.0. The number of anilines is 1. The van der Waals surface area contributed by atoms with Crippen LogP contribution in [0.25, 0.3) is 20.8 Å². The molecule has 1 aromatic carbocycles. The summed E-state index contributed by atoms with van der Waals surface area (Å²) in [5, 5.41) is 1.76. The van der Waals surface area contributed by atoms with Gasteiger partial charge in [-0.15, -0.1) is 22.7 Å². The van der Waals surface area contributed by atoms with E-state index in [1.165, 1.54) is 21.4 Å². The van der Waals surface area contributed by atoms with Crippen LogP contribution in [0.2, 0.25) is 0 Å². The number of thiazole rings is 1. The summed E-state index contributed by atoms with van der Waals surface area (Å²) in [7, 11) is 0. The van der Waals surface area contributed by atoms with E-state index < -0.39 is 5.60 Å². The molecule has 5 nitrogen and oxygen atoms in total. The number of ether oxygens (including phenoxy) is 1. The Hall–Kier alpha value is -2.12. The van der Waals surface area contributed by atoms with Crippen LogP contribution in [0.3, 0.4) is 0 Å². The number of benzene rings is 1. The van der Waals surface area contributed by atoms with E-state index in [4.69, 9.17) is 15.5 Å². The van der Waals surface area contributed by atoms with Gasteiger partial charge >= 0.3 is 6.09 Å². The van der Waals surface area contributed by atoms with E-state index in [1.807, 2.05) is 20.8 Å². The van der Waals surface area contributed by atoms with E-state index >= 15 is 0 Å². The van der Waals surface area contributed by atoms with Crippen molar-refractivity contribution < 1.29 is 9.53 Å². The number of amides is 1. The van der Waals surface area contributed by atoms with Crippen molar-refractivity contribution in [2.75, 3.05) is 12.3 Å². The summed E-state index contributed by atoms with van der Waals surface area (Å²) < 4.78 is 6.72. The van der Waals surface area contributed by atoms with Crippen molar-refractivity contribution in [3.8, 4) is 10.6 Å². The molecule has 28 heavy (non-hydrogen) atoms. The van der Waals surface area contributed by atoms with Gasteiger partial charge in [-0.1, -0.05) is 6.07 Å². The fraction of sp³-hybridized carbons (Fsp3) is 0.429. The number of hydrogen-bond acceptors (Lipinski definition) is 6. The third-order valence-electron chi connectivity index (χ3n) is 4.78. The van der Waals surface area contributed by atoms with Gasteiger partial charge in [-0.2, -0.15) is 0 Å². The number of thiophene rings is 1. The minimum Gasteiger partial charge on any atom is -0.444 e. The molecule has 0 aliphatic carbocycles. The number of aryl methyl sites for hydroxylation is 2. The molecule has 0 saturated heterocycles. The fourth-order valence-corrected chi connectivity index (χ4v) is 6.05. The summed E-state index contributed by atoms with van der Waals surface area (Å²) >= 11 is 3.26. The second-order valence-electron chi connectivity index (χ2n) is 8.34. The molecule has 0 spiro atoms. The highest BCUT2D eigenvalue weighted by atomic mass is 32.1. The molecule has 2 N–H and O–H groups in total. The largest absolute Gasteiger partial charge is 0.444 e. The Kier molecular flexibility index (Phi) is 4.62. The molecule has 7 heteroatoms. The third-order valence-corrected chi connectivity index (χ3v) is 6.85. The van der Waals surface area contributed by atoms with Crippen molar-refractivity contribution >= 4 is 44.0 Å². The van der Waals surface area contributed by atoms with Gasteiger partial charge in [0.15, 0.2) is 0 Å². The maximum Gasteiger partial charge on any atom is 0.410 e. The highest BCUT2D eigenvalue weighted by Gasteiger charge is 2.30. The average molecular weight is 416 g/mol. The number of nitrogens with two attached hydrogens (primary N) is 1. The Morgan fingerprint density at radius 1 is 1.25 bits per heavy atom. The van der Waals surface area contributed by atoms with E-state index in [1.54, 1.807) is 27.6 Å². The molecule has 4 rings (SSSR count). The maximum atomic E-state index is 12.4. The SMILES string of the molecule is Cc1cc(C)c2nc(-c3c(N)sc4c3CCN(C(=O)OC(C)(C)C)C4)sc2c1. The van der Waals surface area contributed by atoms with Crippen molar-refractivity contribution in [2.45, 2.75) is 53.2 Å². The van der Waals surface area contributed by atoms with Crippen molar-refractivity contribution in [1.82, 2.24) is 9.88 Å². The van der Waals surface area contributed by atoms with Crippen LogP contribution < -0.4 is 5.73 Å². The molecule has 2 aromatic heterocycles. The van der Waals surface area contributed by atoms with Gasteiger partial charge in [0.1, 0.15) is 10.6 Å². The van der Waals surface area contributed by atoms with Crippen LogP contribution in [-0.4, -0.2) is 28.1 Å². The number of carbonyl (C=O) groups excluding carboxylic acids is 1. The molecule has 0 saturated carbocycles. The summed E-state index contributed by atoms with van der Waals surface area (Å²) in [5.74, 6) is 0. The highest BCUT2D eigenvalue weighted by molar-refractivity contribution is 7.22. The summed E-state index contributed by atoms with van der Waals surface area (Å²) in [5.41, 5.74) is 11.7. The first-order valence-corrected chi connectivity index (χ1v) is 11.0. The number of hydrogen-bond donors (Lipinski definition) is 1. The van der Waals surface area contributed by atoms with Gasteiger partial charge in [0.2, 0.25) is 0 Å². The van der Waals surface area contributed by atoms with Gasteiger partial charge in [0.05, 0.1) is 21.8 Å². The van der Waals surface area contributed by atoms with E-state index in [9.17, 15) is 4.79 Å². The summed E-state index contributed by atoms with van der Waals surface area (Å²) in [6.45, 7) is 11.0. The van der Waals surface area contributed by atoms with Crippen LogP contribution in [0.5, 0.6) is 0 Å². The molecule has 0 bridgehead atoms. The third kappa shape index (κ3) is 3.49. The molecule has 1 aliphatic rings. The Bertz CT molecular complexity index is 1080. The predicted octanol–water partition coefficient (Wildman–Crippen LogP) is 5.52. The Morgan fingerprint density at radius 3 is 2.71 bits per heavy atom. The van der Waals surface area contributed by atoms with Gasteiger partial charge < -0.3 is 15.4 Å². The topological polar surface area (TPSA) is 68.5 Å². The quantitative estimate of drug-likeness (QED) is 0.568. The smallest absolute Gasteiger partial charge is 0.410 e. The van der Waals surface area contributed by atoms with Crippen molar-refractivity contribution in [3.05, 3.63) is 33.7 Å². The number of nitrogen functional groups attached to an aromatic ring is 1. The van der Waals surface area contributed by atoms with Crippen molar-refractivity contribution in [2.24, 2.45) is 0 Å². The van der Waals surface area contributed by atoms with E-state index in [2.05, 4.69) is 26.0 Å². The summed E-state index contributed by atoms with van der Waals surface area (Å²) in [6.07, 6.45) is 0.503. The number of nitrogens with zero attached hydrogens (tertiary/aromatic N) is 2. The molecule has 0 fully saturated rings. The van der Waals surface area contributed by atoms with Crippen LogP contribution in [0.4, 0.5) is 9.80 Å². The zero-order chi connectivity index (χ0) is 20.2. The number of carbonyl (C=O) groups is 1. The van der Waals surface area contributed by atoms with Crippen molar-refractivity contribution in [1.29, 1.82) is 0 Å². The number of fused-ring (bicyclic) bond motifs is 2. The second kappa shape index (κ2) is 6.74. The van der Waals surface area contributed by atoms with Crippen LogP contribution in [0.15, 0.2) is 12.1 Å². The first kappa shape index (κ1) is 19.2. The average Bonchev–Trinajstić information content (AvgIpc) is 3.12. The van der Waals surface area contributed by atoms with Gasteiger partial charge in [0, 0.05) is 17.0 Å². The lowest BCUT2D eigenvalue weighted by Gasteiger charge is -2.30. The van der Waals surface area contributed by atoms with E-state index in [0.29, 0.717) is 13.1 Å². The zero-order valence-electron chi connectivity index (χ0n) is 16.9. The number of aromatic nitrogens is 1. The standard InChI is InChI=1S/C21H25N3O2S2/c1-11-8-12(2)17-14(9-11)28-19(23-17)16-13-6-7-24(10-15(13)27-18(16)22)20(25)26-21(3,4)5/h8-9H,6-7,10,22H2,1-5H3. The molecular weight excluding hydrogens is 390 g/mol. The zero-order valence-corrected chi connectivity index (χ0v) is 18.5. The number of rotatable bonds is 1. The van der Waals surface area contributed by atoms with Gasteiger partial charge in [0.25, 0.3) is 0 Å². The predicted molar refractivity (Wildman–Crippen MR) is 117 cm³/mol. The van der Waals surface area contributed by atoms with Gasteiger partial charge in [-0.25, -0.2) is 9.78 Å². The maximum absolute atomic E-state index is 12.4. The lowest BCUT2D eigenvalue weighted by molar-refractivity contribution is 0.0227. The molecular formula is C21H25N3O2S2.